The minimum Gasteiger partial charge on any atom is -0.384 e. The third-order valence-electron chi connectivity index (χ3n) is 4.53. The zero-order chi connectivity index (χ0) is 14.0. The quantitative estimate of drug-likeness (QED) is 0.921. The van der Waals surface area contributed by atoms with Gasteiger partial charge in [-0.25, -0.2) is 0 Å². The minimum absolute atomic E-state index is 0.290. The van der Waals surface area contributed by atoms with Crippen LogP contribution in [0.1, 0.15) is 23.3 Å². The molecule has 2 aliphatic heterocycles. The Balaban J connectivity index is 1.77. The fraction of sp³-hybridized carbons (Fsp3) is 0.667. The molecule has 0 aliphatic carbocycles. The zero-order valence-electron chi connectivity index (χ0n) is 12.0. The molecule has 1 N–H and O–H groups in total. The first-order chi connectivity index (χ1) is 9.75. The summed E-state index contributed by atoms with van der Waals surface area (Å²) < 4.78 is 5.38. The van der Waals surface area contributed by atoms with Crippen molar-refractivity contribution in [1.82, 2.24) is 10.2 Å². The van der Waals surface area contributed by atoms with E-state index in [0.29, 0.717) is 6.61 Å². The largest absolute Gasteiger partial charge is 0.384 e. The van der Waals surface area contributed by atoms with Crippen molar-refractivity contribution in [2.45, 2.75) is 25.8 Å². The van der Waals surface area contributed by atoms with Gasteiger partial charge in [-0.2, -0.15) is 0 Å². The van der Waals surface area contributed by atoms with Crippen LogP contribution in [0.2, 0.25) is 0 Å². The Hall–Kier alpha value is -0.910. The highest BCUT2D eigenvalue weighted by atomic mass is 32.1. The highest BCUT2D eigenvalue weighted by Crippen LogP contribution is 2.34. The van der Waals surface area contributed by atoms with Gasteiger partial charge in [-0.1, -0.05) is 0 Å². The summed E-state index contributed by atoms with van der Waals surface area (Å²) in [6, 6.07) is 2.16. The van der Waals surface area contributed by atoms with E-state index in [2.05, 4.69) is 16.8 Å². The fourth-order valence-corrected chi connectivity index (χ4v) is 4.25. The molecule has 3 rings (SSSR count). The number of amides is 1. The topological polar surface area (TPSA) is 41.6 Å². The molecule has 5 heteroatoms. The molecule has 1 amide bonds. The van der Waals surface area contributed by atoms with Crippen LogP contribution in [0.15, 0.2) is 11.4 Å². The molecule has 0 atom stereocenters. The van der Waals surface area contributed by atoms with Gasteiger partial charge in [0.1, 0.15) is 0 Å². The third kappa shape index (κ3) is 2.50. The first kappa shape index (κ1) is 14.0. The molecule has 0 spiro atoms. The second-order valence-corrected chi connectivity index (χ2v) is 6.81. The second kappa shape index (κ2) is 5.84. The Morgan fingerprint density at radius 2 is 2.30 bits per heavy atom. The van der Waals surface area contributed by atoms with Gasteiger partial charge in [-0.15, -0.1) is 11.3 Å². The Morgan fingerprint density at radius 3 is 3.05 bits per heavy atom. The highest BCUT2D eigenvalue weighted by Gasteiger charge is 2.42. The molecule has 0 bridgehead atoms. The maximum atomic E-state index is 13.0. The Labute approximate surface area is 124 Å². The number of rotatable bonds is 3. The van der Waals surface area contributed by atoms with Gasteiger partial charge in [0.25, 0.3) is 0 Å². The van der Waals surface area contributed by atoms with Crippen LogP contribution in [0.5, 0.6) is 0 Å². The van der Waals surface area contributed by atoms with Crippen LogP contribution in [0, 0.1) is 5.41 Å². The van der Waals surface area contributed by atoms with E-state index in [-0.39, 0.29) is 11.3 Å². The lowest BCUT2D eigenvalue weighted by atomic mass is 9.78. The average Bonchev–Trinajstić information content (AvgIpc) is 2.95. The molecule has 0 aromatic carbocycles. The average molecular weight is 294 g/mol. The van der Waals surface area contributed by atoms with Crippen molar-refractivity contribution in [1.29, 1.82) is 0 Å². The second-order valence-electron chi connectivity index (χ2n) is 5.81. The van der Waals surface area contributed by atoms with Gasteiger partial charge in [0.05, 0.1) is 12.0 Å². The number of hydrogen-bond acceptors (Lipinski definition) is 4. The normalized spacial score (nSPS) is 21.6. The molecular weight excluding hydrogens is 272 g/mol. The molecule has 4 nitrogen and oxygen atoms in total. The molecule has 1 aromatic heterocycles. The van der Waals surface area contributed by atoms with Gasteiger partial charge in [0.2, 0.25) is 5.91 Å². The standard InChI is InChI=1S/C15H22N2O2S/c1-19-11-15(4-6-16-7-5-15)14(18)17-8-2-13-12(10-17)3-9-20-13/h3,9,16H,2,4-8,10-11H2,1H3. The van der Waals surface area contributed by atoms with E-state index in [9.17, 15) is 4.79 Å². The molecule has 0 radical (unpaired) electrons. The first-order valence-corrected chi connectivity index (χ1v) is 8.17. The fourth-order valence-electron chi connectivity index (χ4n) is 3.36. The van der Waals surface area contributed by atoms with Crippen molar-refractivity contribution in [3.05, 3.63) is 21.9 Å². The van der Waals surface area contributed by atoms with Gasteiger partial charge in [-0.05, 0) is 49.4 Å². The number of ether oxygens (including phenoxy) is 1. The van der Waals surface area contributed by atoms with E-state index >= 15 is 0 Å². The molecule has 20 heavy (non-hydrogen) atoms. The molecule has 3 heterocycles. The molecule has 0 unspecified atom stereocenters. The minimum atomic E-state index is -0.312. The molecular formula is C15H22N2O2S. The summed E-state index contributed by atoms with van der Waals surface area (Å²) in [4.78, 5) is 16.5. The summed E-state index contributed by atoms with van der Waals surface area (Å²) in [7, 11) is 1.70. The highest BCUT2D eigenvalue weighted by molar-refractivity contribution is 7.10. The first-order valence-electron chi connectivity index (χ1n) is 7.29. The SMILES string of the molecule is COCC1(C(=O)N2CCc3sccc3C2)CCNCC1. The summed E-state index contributed by atoms with van der Waals surface area (Å²) in [5.74, 6) is 0.290. The maximum Gasteiger partial charge on any atom is 0.231 e. The maximum absolute atomic E-state index is 13.0. The van der Waals surface area contributed by atoms with Crippen LogP contribution in [0.4, 0.5) is 0 Å². The van der Waals surface area contributed by atoms with E-state index in [0.717, 1.165) is 45.4 Å². The molecule has 2 aliphatic rings. The molecule has 1 fully saturated rings. The number of methoxy groups -OCH3 is 1. The van der Waals surface area contributed by atoms with Gasteiger partial charge in [0, 0.05) is 25.1 Å². The predicted octanol–water partition coefficient (Wildman–Crippen LogP) is 1.65. The molecule has 110 valence electrons. The number of fused-ring (bicyclic) bond motifs is 1. The van der Waals surface area contributed by atoms with Crippen molar-refractivity contribution < 1.29 is 9.53 Å². The number of nitrogens with one attached hydrogen (secondary N) is 1. The van der Waals surface area contributed by atoms with Crippen LogP contribution < -0.4 is 5.32 Å². The van der Waals surface area contributed by atoms with E-state index < -0.39 is 0 Å². The molecule has 1 aromatic rings. The monoisotopic (exact) mass is 294 g/mol. The third-order valence-corrected chi connectivity index (χ3v) is 5.55. The number of hydrogen-bond donors (Lipinski definition) is 1. The van der Waals surface area contributed by atoms with Crippen molar-refractivity contribution in [2.24, 2.45) is 5.41 Å². The Morgan fingerprint density at radius 1 is 1.50 bits per heavy atom. The van der Waals surface area contributed by atoms with Gasteiger partial charge >= 0.3 is 0 Å². The van der Waals surface area contributed by atoms with Crippen LogP contribution in [-0.2, 0) is 22.5 Å². The lowest BCUT2D eigenvalue weighted by Crippen LogP contribution is -2.52. The van der Waals surface area contributed by atoms with Crippen molar-refractivity contribution >= 4 is 17.2 Å². The number of carbonyl (C=O) groups is 1. The van der Waals surface area contributed by atoms with E-state index in [1.54, 1.807) is 7.11 Å². The summed E-state index contributed by atoms with van der Waals surface area (Å²) in [6.07, 6.45) is 2.76. The molecule has 1 saturated heterocycles. The summed E-state index contributed by atoms with van der Waals surface area (Å²) in [5.41, 5.74) is 1.02. The summed E-state index contributed by atoms with van der Waals surface area (Å²) in [5, 5.41) is 5.48. The molecule has 0 saturated carbocycles. The van der Waals surface area contributed by atoms with E-state index in [4.69, 9.17) is 4.74 Å². The van der Waals surface area contributed by atoms with Crippen LogP contribution >= 0.6 is 11.3 Å². The van der Waals surface area contributed by atoms with Crippen LogP contribution in [0.3, 0.4) is 0 Å². The summed E-state index contributed by atoms with van der Waals surface area (Å²) >= 11 is 1.81. The lowest BCUT2D eigenvalue weighted by molar-refractivity contribution is -0.148. The number of nitrogens with zero attached hydrogens (tertiary/aromatic N) is 1. The van der Waals surface area contributed by atoms with Gasteiger partial charge in [0.15, 0.2) is 0 Å². The van der Waals surface area contributed by atoms with E-state index in [1.165, 1.54) is 10.4 Å². The Kier molecular flexibility index (Phi) is 4.10. The van der Waals surface area contributed by atoms with Gasteiger partial charge in [-0.3, -0.25) is 4.79 Å². The van der Waals surface area contributed by atoms with Gasteiger partial charge < -0.3 is 15.0 Å². The zero-order valence-corrected chi connectivity index (χ0v) is 12.8. The van der Waals surface area contributed by atoms with Crippen LogP contribution in [-0.4, -0.2) is 44.2 Å². The number of carbonyl (C=O) groups excluding carboxylic acids is 1. The van der Waals surface area contributed by atoms with E-state index in [1.807, 2.05) is 16.2 Å². The lowest BCUT2D eigenvalue weighted by Gasteiger charge is -2.40. The Bertz CT molecular complexity index is 474. The number of piperidine rings is 1. The van der Waals surface area contributed by atoms with Crippen LogP contribution in [0.25, 0.3) is 0 Å². The van der Waals surface area contributed by atoms with Crippen molar-refractivity contribution in [2.75, 3.05) is 33.4 Å². The van der Waals surface area contributed by atoms with Crippen molar-refractivity contribution in [3.8, 4) is 0 Å². The van der Waals surface area contributed by atoms with Crippen molar-refractivity contribution in [3.63, 3.8) is 0 Å². The number of thiophene rings is 1. The summed E-state index contributed by atoms with van der Waals surface area (Å²) in [6.45, 7) is 3.99. The predicted molar refractivity (Wildman–Crippen MR) is 79.9 cm³/mol. The smallest absolute Gasteiger partial charge is 0.231 e.